The fourth-order valence-corrected chi connectivity index (χ4v) is 2.08. The standard InChI is InChI=1S/C18H18F3NO4/c1-3-10-25-15-9-4-12(11-16(15)24-2)17(23)22-13-5-7-14(8-6-13)26-18(19,20)21/h4-9,11H,3,10H2,1-2H3,(H,22,23). The molecule has 0 aliphatic rings. The lowest BCUT2D eigenvalue weighted by Gasteiger charge is -2.12. The highest BCUT2D eigenvalue weighted by atomic mass is 19.4. The number of methoxy groups -OCH3 is 1. The van der Waals surface area contributed by atoms with Crippen molar-refractivity contribution in [3.63, 3.8) is 0 Å². The fraction of sp³-hybridized carbons (Fsp3) is 0.278. The van der Waals surface area contributed by atoms with Gasteiger partial charge in [0.25, 0.3) is 5.91 Å². The maximum Gasteiger partial charge on any atom is 0.573 e. The third-order valence-corrected chi connectivity index (χ3v) is 3.23. The van der Waals surface area contributed by atoms with Gasteiger partial charge in [-0.25, -0.2) is 0 Å². The second-order valence-corrected chi connectivity index (χ2v) is 5.24. The van der Waals surface area contributed by atoms with Gasteiger partial charge >= 0.3 is 6.36 Å². The van der Waals surface area contributed by atoms with E-state index in [1.54, 1.807) is 12.1 Å². The Balaban J connectivity index is 2.07. The minimum Gasteiger partial charge on any atom is -0.493 e. The highest BCUT2D eigenvalue weighted by Gasteiger charge is 2.30. The Labute approximate surface area is 148 Å². The van der Waals surface area contributed by atoms with Crippen LogP contribution in [-0.2, 0) is 0 Å². The Kier molecular flexibility index (Phi) is 6.32. The van der Waals surface area contributed by atoms with Gasteiger partial charge in [0.15, 0.2) is 11.5 Å². The van der Waals surface area contributed by atoms with E-state index in [-0.39, 0.29) is 5.75 Å². The number of benzene rings is 2. The molecule has 0 aliphatic heterocycles. The number of alkyl halides is 3. The molecule has 0 spiro atoms. The van der Waals surface area contributed by atoms with Crippen LogP contribution in [0.1, 0.15) is 23.7 Å². The first-order chi connectivity index (χ1) is 12.3. The van der Waals surface area contributed by atoms with Crippen LogP contribution in [0.3, 0.4) is 0 Å². The lowest BCUT2D eigenvalue weighted by atomic mass is 10.1. The van der Waals surface area contributed by atoms with Crippen LogP contribution >= 0.6 is 0 Å². The highest BCUT2D eigenvalue weighted by Crippen LogP contribution is 2.29. The van der Waals surface area contributed by atoms with E-state index in [0.29, 0.717) is 29.4 Å². The third kappa shape index (κ3) is 5.58. The molecule has 0 fully saturated rings. The molecule has 0 saturated heterocycles. The third-order valence-electron chi connectivity index (χ3n) is 3.23. The maximum absolute atomic E-state index is 12.3. The van der Waals surface area contributed by atoms with Crippen molar-refractivity contribution in [2.24, 2.45) is 0 Å². The van der Waals surface area contributed by atoms with Gasteiger partial charge in [0, 0.05) is 11.3 Å². The van der Waals surface area contributed by atoms with Gasteiger partial charge in [-0.2, -0.15) is 0 Å². The largest absolute Gasteiger partial charge is 0.573 e. The van der Waals surface area contributed by atoms with Crippen molar-refractivity contribution in [3.05, 3.63) is 48.0 Å². The smallest absolute Gasteiger partial charge is 0.493 e. The second-order valence-electron chi connectivity index (χ2n) is 5.24. The summed E-state index contributed by atoms with van der Waals surface area (Å²) in [6.07, 6.45) is -3.93. The minimum absolute atomic E-state index is 0.321. The lowest BCUT2D eigenvalue weighted by Crippen LogP contribution is -2.17. The maximum atomic E-state index is 12.3. The highest BCUT2D eigenvalue weighted by molar-refractivity contribution is 6.04. The van der Waals surface area contributed by atoms with Crippen LogP contribution in [0.5, 0.6) is 17.2 Å². The normalized spacial score (nSPS) is 11.0. The number of hydrogen-bond acceptors (Lipinski definition) is 4. The first kappa shape index (κ1) is 19.4. The summed E-state index contributed by atoms with van der Waals surface area (Å²) in [5.41, 5.74) is 0.649. The number of carbonyl (C=O) groups excluding carboxylic acids is 1. The first-order valence-corrected chi connectivity index (χ1v) is 7.80. The van der Waals surface area contributed by atoms with E-state index in [1.165, 1.54) is 25.3 Å². The Morgan fingerprint density at radius 3 is 2.35 bits per heavy atom. The summed E-state index contributed by atoms with van der Waals surface area (Å²) >= 11 is 0. The van der Waals surface area contributed by atoms with E-state index in [9.17, 15) is 18.0 Å². The molecule has 1 N–H and O–H groups in total. The number of halogens is 3. The molecule has 2 rings (SSSR count). The topological polar surface area (TPSA) is 56.8 Å². The van der Waals surface area contributed by atoms with E-state index in [2.05, 4.69) is 10.1 Å². The molecule has 0 aliphatic carbocycles. The summed E-state index contributed by atoms with van der Waals surface area (Å²) in [6, 6.07) is 9.59. The number of carbonyl (C=O) groups is 1. The average Bonchev–Trinajstić information content (AvgIpc) is 2.60. The predicted octanol–water partition coefficient (Wildman–Crippen LogP) is 4.63. The van der Waals surface area contributed by atoms with E-state index < -0.39 is 12.3 Å². The molecule has 0 aromatic heterocycles. The molecule has 0 radical (unpaired) electrons. The minimum atomic E-state index is -4.76. The summed E-state index contributed by atoms with van der Waals surface area (Å²) in [5.74, 6) is 0.143. The lowest BCUT2D eigenvalue weighted by molar-refractivity contribution is -0.274. The van der Waals surface area contributed by atoms with Crippen LogP contribution in [0, 0.1) is 0 Å². The predicted molar refractivity (Wildman–Crippen MR) is 89.9 cm³/mol. The molecule has 0 atom stereocenters. The number of nitrogens with one attached hydrogen (secondary N) is 1. The summed E-state index contributed by atoms with van der Waals surface area (Å²) in [6.45, 7) is 2.49. The molecule has 0 heterocycles. The molecule has 1 amide bonds. The van der Waals surface area contributed by atoms with E-state index in [1.807, 2.05) is 6.92 Å². The Morgan fingerprint density at radius 1 is 1.08 bits per heavy atom. The molecular formula is C18H18F3NO4. The van der Waals surface area contributed by atoms with Crippen LogP contribution in [0.2, 0.25) is 0 Å². The molecule has 26 heavy (non-hydrogen) atoms. The average molecular weight is 369 g/mol. The zero-order valence-electron chi connectivity index (χ0n) is 14.2. The monoisotopic (exact) mass is 369 g/mol. The van der Waals surface area contributed by atoms with E-state index in [4.69, 9.17) is 9.47 Å². The molecule has 2 aromatic carbocycles. The Bertz CT molecular complexity index is 745. The number of anilines is 1. The van der Waals surface area contributed by atoms with Gasteiger partial charge in [-0.3, -0.25) is 4.79 Å². The van der Waals surface area contributed by atoms with Crippen LogP contribution in [0.25, 0.3) is 0 Å². The van der Waals surface area contributed by atoms with Gasteiger partial charge < -0.3 is 19.5 Å². The van der Waals surface area contributed by atoms with Gasteiger partial charge in [-0.1, -0.05) is 6.92 Å². The van der Waals surface area contributed by atoms with Gasteiger partial charge in [-0.15, -0.1) is 13.2 Å². The SMILES string of the molecule is CCCOc1ccc(C(=O)Nc2ccc(OC(F)(F)F)cc2)cc1OC. The van der Waals surface area contributed by atoms with Crippen molar-refractivity contribution in [1.29, 1.82) is 0 Å². The molecule has 0 unspecified atom stereocenters. The van der Waals surface area contributed by atoms with E-state index >= 15 is 0 Å². The van der Waals surface area contributed by atoms with Crippen molar-refractivity contribution in [1.82, 2.24) is 0 Å². The van der Waals surface area contributed by atoms with Crippen LogP contribution in [-0.4, -0.2) is 26.0 Å². The number of amides is 1. The zero-order valence-corrected chi connectivity index (χ0v) is 14.2. The molecule has 140 valence electrons. The summed E-state index contributed by atoms with van der Waals surface area (Å²) < 4.78 is 50.9. The van der Waals surface area contributed by atoms with Crippen LogP contribution in [0.4, 0.5) is 18.9 Å². The van der Waals surface area contributed by atoms with Gasteiger partial charge in [-0.05, 0) is 48.9 Å². The van der Waals surface area contributed by atoms with Crippen molar-refractivity contribution in [2.45, 2.75) is 19.7 Å². The number of rotatable bonds is 7. The molecule has 2 aromatic rings. The van der Waals surface area contributed by atoms with Gasteiger partial charge in [0.1, 0.15) is 5.75 Å². The number of ether oxygens (including phenoxy) is 3. The summed E-state index contributed by atoms with van der Waals surface area (Å²) in [7, 11) is 1.47. The molecular weight excluding hydrogens is 351 g/mol. The van der Waals surface area contributed by atoms with E-state index in [0.717, 1.165) is 18.6 Å². The molecule has 0 saturated carbocycles. The first-order valence-electron chi connectivity index (χ1n) is 7.80. The molecule has 5 nitrogen and oxygen atoms in total. The molecule has 0 bridgehead atoms. The summed E-state index contributed by atoms with van der Waals surface area (Å²) in [4.78, 5) is 12.3. The fourth-order valence-electron chi connectivity index (χ4n) is 2.08. The van der Waals surface area contributed by atoms with Crippen LogP contribution < -0.4 is 19.5 Å². The zero-order chi connectivity index (χ0) is 19.2. The van der Waals surface area contributed by atoms with Crippen molar-refractivity contribution in [2.75, 3.05) is 19.0 Å². The second kappa shape index (κ2) is 8.46. The Morgan fingerprint density at radius 2 is 1.77 bits per heavy atom. The summed E-state index contributed by atoms with van der Waals surface area (Å²) in [5, 5.41) is 2.59. The quantitative estimate of drug-likeness (QED) is 0.773. The van der Waals surface area contributed by atoms with Crippen molar-refractivity contribution >= 4 is 11.6 Å². The van der Waals surface area contributed by atoms with Crippen molar-refractivity contribution in [3.8, 4) is 17.2 Å². The van der Waals surface area contributed by atoms with Gasteiger partial charge in [0.05, 0.1) is 13.7 Å². The number of hydrogen-bond donors (Lipinski definition) is 1. The van der Waals surface area contributed by atoms with Crippen molar-refractivity contribution < 1.29 is 32.2 Å². The van der Waals surface area contributed by atoms with Crippen LogP contribution in [0.15, 0.2) is 42.5 Å². The Hall–Kier alpha value is -2.90. The van der Waals surface area contributed by atoms with Gasteiger partial charge in [0.2, 0.25) is 0 Å². The molecule has 8 heteroatoms.